The molecule has 0 saturated carbocycles. The summed E-state index contributed by atoms with van der Waals surface area (Å²) < 4.78 is 1.83. The van der Waals surface area contributed by atoms with Crippen molar-refractivity contribution in [2.45, 2.75) is 32.9 Å². The van der Waals surface area contributed by atoms with Crippen molar-refractivity contribution in [2.24, 2.45) is 7.05 Å². The van der Waals surface area contributed by atoms with Gasteiger partial charge in [-0.1, -0.05) is 0 Å². The molecule has 0 aliphatic rings. The molecule has 1 heterocycles. The van der Waals surface area contributed by atoms with Crippen molar-refractivity contribution >= 4 is 5.91 Å². The number of carbonyl (C=O) groups excluding carboxylic acids is 1. The van der Waals surface area contributed by atoms with Crippen LogP contribution < -0.4 is 10.6 Å². The van der Waals surface area contributed by atoms with Gasteiger partial charge in [0.1, 0.15) is 12.2 Å². The van der Waals surface area contributed by atoms with Crippen LogP contribution in [0.5, 0.6) is 0 Å². The smallest absolute Gasteiger partial charge is 0.234 e. The van der Waals surface area contributed by atoms with E-state index in [1.807, 2.05) is 32.4 Å². The summed E-state index contributed by atoms with van der Waals surface area (Å²) in [7, 11) is 1.88. The molecule has 1 atom stereocenters. The maximum absolute atomic E-state index is 11.4. The Bertz CT molecular complexity index is 347. The Hall–Kier alpha value is -1.43. The molecule has 1 unspecified atom stereocenters. The summed E-state index contributed by atoms with van der Waals surface area (Å²) in [5, 5.41) is 13.7. The van der Waals surface area contributed by atoms with Gasteiger partial charge in [-0.05, 0) is 20.8 Å². The third kappa shape index (κ3) is 3.62. The van der Waals surface area contributed by atoms with E-state index in [2.05, 4.69) is 20.8 Å². The lowest BCUT2D eigenvalue weighted by molar-refractivity contribution is -0.120. The number of nitrogens with zero attached hydrogens (tertiary/aromatic N) is 3. The first-order valence-corrected chi connectivity index (χ1v) is 5.37. The second-order valence-corrected chi connectivity index (χ2v) is 4.12. The van der Waals surface area contributed by atoms with E-state index in [1.54, 1.807) is 6.33 Å². The molecular formula is C10H19N5O. The van der Waals surface area contributed by atoms with Gasteiger partial charge in [-0.15, -0.1) is 10.2 Å². The van der Waals surface area contributed by atoms with Crippen LogP contribution in [0.3, 0.4) is 0 Å². The molecule has 0 aliphatic carbocycles. The number of nitrogens with one attached hydrogen (secondary N) is 2. The van der Waals surface area contributed by atoms with Crippen LogP contribution in [0.2, 0.25) is 0 Å². The van der Waals surface area contributed by atoms with E-state index in [1.165, 1.54) is 0 Å². The molecule has 1 aromatic heterocycles. The van der Waals surface area contributed by atoms with E-state index in [-0.39, 0.29) is 24.5 Å². The molecule has 0 radical (unpaired) electrons. The number of hydrogen-bond donors (Lipinski definition) is 2. The minimum absolute atomic E-state index is 0.00501. The highest BCUT2D eigenvalue weighted by atomic mass is 16.1. The van der Waals surface area contributed by atoms with Gasteiger partial charge in [0.15, 0.2) is 0 Å². The Morgan fingerprint density at radius 3 is 2.69 bits per heavy atom. The standard InChI is InChI=1S/C10H19N5O/c1-7(2)13-9(16)5-11-8(3)10-14-12-6-15(10)4/h6-8,11H,5H2,1-4H3,(H,13,16). The molecule has 6 nitrogen and oxygen atoms in total. The zero-order chi connectivity index (χ0) is 12.1. The second kappa shape index (κ2) is 5.60. The number of aryl methyl sites for hydroxylation is 1. The fraction of sp³-hybridized carbons (Fsp3) is 0.700. The highest BCUT2D eigenvalue weighted by molar-refractivity contribution is 5.78. The molecule has 1 amide bonds. The van der Waals surface area contributed by atoms with Gasteiger partial charge in [0.25, 0.3) is 0 Å². The number of amides is 1. The first kappa shape index (κ1) is 12.6. The Kier molecular flexibility index (Phi) is 4.42. The van der Waals surface area contributed by atoms with Crippen LogP contribution in [0.4, 0.5) is 0 Å². The molecule has 16 heavy (non-hydrogen) atoms. The summed E-state index contributed by atoms with van der Waals surface area (Å²) >= 11 is 0. The van der Waals surface area contributed by atoms with Gasteiger partial charge in [-0.2, -0.15) is 0 Å². The van der Waals surface area contributed by atoms with Crippen LogP contribution in [0.25, 0.3) is 0 Å². The minimum Gasteiger partial charge on any atom is -0.353 e. The predicted molar refractivity (Wildman–Crippen MR) is 60.7 cm³/mol. The van der Waals surface area contributed by atoms with Crippen LogP contribution in [0, 0.1) is 0 Å². The molecule has 6 heteroatoms. The molecule has 0 fully saturated rings. The maximum Gasteiger partial charge on any atom is 0.234 e. The van der Waals surface area contributed by atoms with Crippen LogP contribution in [0.15, 0.2) is 6.33 Å². The molecule has 1 aromatic rings. The lowest BCUT2D eigenvalue weighted by atomic mass is 10.3. The van der Waals surface area contributed by atoms with Gasteiger partial charge in [0.05, 0.1) is 12.6 Å². The van der Waals surface area contributed by atoms with E-state index in [4.69, 9.17) is 0 Å². The van der Waals surface area contributed by atoms with Crippen molar-refractivity contribution in [3.8, 4) is 0 Å². The van der Waals surface area contributed by atoms with Gasteiger partial charge in [0.2, 0.25) is 5.91 Å². The maximum atomic E-state index is 11.4. The molecular weight excluding hydrogens is 206 g/mol. The monoisotopic (exact) mass is 225 g/mol. The summed E-state index contributed by atoms with van der Waals surface area (Å²) in [6.07, 6.45) is 1.64. The van der Waals surface area contributed by atoms with E-state index >= 15 is 0 Å². The Labute approximate surface area is 95.4 Å². The average Bonchev–Trinajstić information content (AvgIpc) is 2.60. The quantitative estimate of drug-likeness (QED) is 0.739. The Morgan fingerprint density at radius 1 is 1.50 bits per heavy atom. The SMILES string of the molecule is CC(C)NC(=O)CNC(C)c1nncn1C. The van der Waals surface area contributed by atoms with Gasteiger partial charge in [0, 0.05) is 13.1 Å². The number of aromatic nitrogens is 3. The lowest BCUT2D eigenvalue weighted by Crippen LogP contribution is -2.38. The van der Waals surface area contributed by atoms with Gasteiger partial charge in [-0.25, -0.2) is 0 Å². The Morgan fingerprint density at radius 2 is 2.19 bits per heavy atom. The summed E-state index contributed by atoms with van der Waals surface area (Å²) in [4.78, 5) is 11.4. The number of hydrogen-bond acceptors (Lipinski definition) is 4. The topological polar surface area (TPSA) is 71.8 Å². The largest absolute Gasteiger partial charge is 0.353 e. The fourth-order valence-electron chi connectivity index (χ4n) is 1.39. The first-order chi connectivity index (χ1) is 7.50. The third-order valence-electron chi connectivity index (χ3n) is 2.15. The zero-order valence-corrected chi connectivity index (χ0v) is 10.2. The van der Waals surface area contributed by atoms with Crippen molar-refractivity contribution in [2.75, 3.05) is 6.54 Å². The zero-order valence-electron chi connectivity index (χ0n) is 10.2. The molecule has 0 bridgehead atoms. The summed E-state index contributed by atoms with van der Waals surface area (Å²) in [5.74, 6) is 0.807. The highest BCUT2D eigenvalue weighted by Crippen LogP contribution is 2.05. The van der Waals surface area contributed by atoms with Crippen LogP contribution in [-0.2, 0) is 11.8 Å². The molecule has 1 rings (SSSR count). The van der Waals surface area contributed by atoms with E-state index in [9.17, 15) is 4.79 Å². The number of rotatable bonds is 5. The third-order valence-corrected chi connectivity index (χ3v) is 2.15. The highest BCUT2D eigenvalue weighted by Gasteiger charge is 2.12. The van der Waals surface area contributed by atoms with Crippen LogP contribution in [-0.4, -0.2) is 33.3 Å². The molecule has 0 spiro atoms. The van der Waals surface area contributed by atoms with E-state index in [0.717, 1.165) is 5.82 Å². The van der Waals surface area contributed by atoms with E-state index < -0.39 is 0 Å². The minimum atomic E-state index is -0.0102. The molecule has 2 N–H and O–H groups in total. The molecule has 0 saturated heterocycles. The molecule has 0 aromatic carbocycles. The second-order valence-electron chi connectivity index (χ2n) is 4.12. The van der Waals surface area contributed by atoms with Crippen LogP contribution >= 0.6 is 0 Å². The van der Waals surface area contributed by atoms with Crippen molar-refractivity contribution in [1.29, 1.82) is 0 Å². The van der Waals surface area contributed by atoms with Crippen molar-refractivity contribution < 1.29 is 4.79 Å². The molecule has 90 valence electrons. The predicted octanol–water partition coefficient (Wildman–Crippen LogP) is -0.00970. The lowest BCUT2D eigenvalue weighted by Gasteiger charge is -2.13. The van der Waals surface area contributed by atoms with E-state index in [0.29, 0.717) is 0 Å². The Balaban J connectivity index is 2.39. The average molecular weight is 225 g/mol. The van der Waals surface area contributed by atoms with Crippen molar-refractivity contribution in [3.05, 3.63) is 12.2 Å². The summed E-state index contributed by atoms with van der Waals surface area (Å²) in [6, 6.07) is 0.171. The van der Waals surface area contributed by atoms with Gasteiger partial charge < -0.3 is 9.88 Å². The van der Waals surface area contributed by atoms with Crippen molar-refractivity contribution in [3.63, 3.8) is 0 Å². The summed E-state index contributed by atoms with van der Waals surface area (Å²) in [6.45, 7) is 6.10. The normalized spacial score (nSPS) is 12.8. The number of carbonyl (C=O) groups is 1. The first-order valence-electron chi connectivity index (χ1n) is 5.37. The van der Waals surface area contributed by atoms with Gasteiger partial charge in [-0.3, -0.25) is 10.1 Å². The summed E-state index contributed by atoms with van der Waals surface area (Å²) in [5.41, 5.74) is 0. The van der Waals surface area contributed by atoms with Crippen molar-refractivity contribution in [1.82, 2.24) is 25.4 Å². The van der Waals surface area contributed by atoms with Crippen LogP contribution in [0.1, 0.15) is 32.6 Å². The van der Waals surface area contributed by atoms with Gasteiger partial charge >= 0.3 is 0 Å². The molecule has 0 aliphatic heterocycles. The fourth-order valence-corrected chi connectivity index (χ4v) is 1.39.